The van der Waals surface area contributed by atoms with Gasteiger partial charge >= 0.3 is 0 Å². The predicted molar refractivity (Wildman–Crippen MR) is 139 cm³/mol. The summed E-state index contributed by atoms with van der Waals surface area (Å²) in [4.78, 5) is 25.1. The Morgan fingerprint density at radius 3 is 2.60 bits per heavy atom. The van der Waals surface area contributed by atoms with E-state index in [2.05, 4.69) is 62.6 Å². The van der Waals surface area contributed by atoms with E-state index in [1.807, 2.05) is 12.1 Å². The minimum absolute atomic E-state index is 0.0404. The van der Waals surface area contributed by atoms with Crippen molar-refractivity contribution >= 4 is 5.95 Å². The number of likely N-dealkylation sites (tertiary alicyclic amines) is 1. The number of benzene rings is 2. The third kappa shape index (κ3) is 6.50. The average Bonchev–Trinajstić information content (AvgIpc) is 3.38. The number of ether oxygens (including phenoxy) is 1. The second-order valence-corrected chi connectivity index (χ2v) is 9.55. The lowest BCUT2D eigenvalue weighted by Gasteiger charge is -2.27. The zero-order valence-electron chi connectivity index (χ0n) is 20.3. The van der Waals surface area contributed by atoms with Gasteiger partial charge in [-0.15, -0.1) is 0 Å². The summed E-state index contributed by atoms with van der Waals surface area (Å²) in [6.07, 6.45) is 4.22. The van der Waals surface area contributed by atoms with E-state index < -0.39 is 0 Å². The zero-order valence-corrected chi connectivity index (χ0v) is 20.3. The first-order valence-electron chi connectivity index (χ1n) is 12.8. The molecule has 2 aliphatic heterocycles. The first kappa shape index (κ1) is 23.6. The smallest absolute Gasteiger partial charge is 0.257 e. The summed E-state index contributed by atoms with van der Waals surface area (Å²) in [6, 6.07) is 18.8. The summed E-state index contributed by atoms with van der Waals surface area (Å²) in [5.41, 5.74) is 4.22. The van der Waals surface area contributed by atoms with E-state index in [4.69, 9.17) is 9.72 Å². The number of fused-ring (bicyclic) bond motifs is 1. The molecule has 1 saturated heterocycles. The van der Waals surface area contributed by atoms with Crippen molar-refractivity contribution in [1.29, 1.82) is 0 Å². The Labute approximate surface area is 207 Å². The van der Waals surface area contributed by atoms with Gasteiger partial charge < -0.3 is 10.1 Å². The average molecular weight is 474 g/mol. The number of nitrogens with zero attached hydrogens (tertiary/aromatic N) is 3. The summed E-state index contributed by atoms with van der Waals surface area (Å²) in [7, 11) is 0. The molecule has 3 heterocycles. The lowest BCUT2D eigenvalue weighted by atomic mass is 10.1. The maximum atomic E-state index is 12.7. The Bertz CT molecular complexity index is 1160. The summed E-state index contributed by atoms with van der Waals surface area (Å²) in [6.45, 7) is 7.09. The molecule has 5 rings (SSSR count). The van der Waals surface area contributed by atoms with Crippen LogP contribution in [0.1, 0.15) is 41.6 Å². The van der Waals surface area contributed by atoms with Crippen molar-refractivity contribution in [2.45, 2.75) is 45.3 Å². The third-order valence-corrected chi connectivity index (χ3v) is 6.78. The quantitative estimate of drug-likeness (QED) is 0.437. The van der Waals surface area contributed by atoms with Gasteiger partial charge in [0.1, 0.15) is 5.75 Å². The highest BCUT2D eigenvalue weighted by molar-refractivity contribution is 5.31. The summed E-state index contributed by atoms with van der Waals surface area (Å²) >= 11 is 0. The van der Waals surface area contributed by atoms with Crippen LogP contribution in [0, 0.1) is 0 Å². The van der Waals surface area contributed by atoms with E-state index in [-0.39, 0.29) is 5.56 Å². The standard InChI is InChI=1S/C28H35N5O2/c34-27-25-21-33(19-22-8-2-1-3-9-22)16-12-26(25)30-28(31-27)29-13-7-17-35-24-11-6-10-23(18-24)20-32-14-4-5-15-32/h1-3,6,8-11,18H,4-5,7,12-17,19-21H2,(H2,29,30,31,34). The van der Waals surface area contributed by atoms with Crippen LogP contribution in [0.2, 0.25) is 0 Å². The number of aromatic amines is 1. The first-order chi connectivity index (χ1) is 17.2. The Balaban J connectivity index is 1.07. The molecular formula is C28H35N5O2. The molecule has 0 saturated carbocycles. The molecule has 2 aliphatic rings. The van der Waals surface area contributed by atoms with Crippen LogP contribution in [0.5, 0.6) is 5.75 Å². The van der Waals surface area contributed by atoms with Crippen molar-refractivity contribution in [3.05, 3.63) is 87.3 Å². The Kier molecular flexibility index (Phi) is 7.75. The Hall–Kier alpha value is -3.16. The van der Waals surface area contributed by atoms with Gasteiger partial charge in [-0.1, -0.05) is 42.5 Å². The van der Waals surface area contributed by atoms with Crippen molar-refractivity contribution < 1.29 is 4.74 Å². The Morgan fingerprint density at radius 1 is 0.943 bits per heavy atom. The minimum Gasteiger partial charge on any atom is -0.494 e. The third-order valence-electron chi connectivity index (χ3n) is 6.78. The molecule has 7 nitrogen and oxygen atoms in total. The fourth-order valence-electron chi connectivity index (χ4n) is 4.94. The predicted octanol–water partition coefficient (Wildman–Crippen LogP) is 3.81. The van der Waals surface area contributed by atoms with E-state index in [1.165, 1.54) is 37.1 Å². The van der Waals surface area contributed by atoms with Gasteiger partial charge in [0, 0.05) is 39.1 Å². The second kappa shape index (κ2) is 11.5. The summed E-state index contributed by atoms with van der Waals surface area (Å²) < 4.78 is 5.97. The monoisotopic (exact) mass is 473 g/mol. The molecule has 0 bridgehead atoms. The number of hydrogen-bond acceptors (Lipinski definition) is 6. The fraction of sp³-hybridized carbons (Fsp3) is 0.429. The number of H-pyrrole nitrogens is 1. The van der Waals surface area contributed by atoms with E-state index in [1.54, 1.807) is 0 Å². The molecular weight excluding hydrogens is 438 g/mol. The normalized spacial score (nSPS) is 16.2. The molecule has 0 atom stereocenters. The van der Waals surface area contributed by atoms with Gasteiger partial charge in [-0.3, -0.25) is 19.6 Å². The van der Waals surface area contributed by atoms with Crippen LogP contribution in [-0.2, 0) is 26.1 Å². The maximum absolute atomic E-state index is 12.7. The molecule has 0 aliphatic carbocycles. The maximum Gasteiger partial charge on any atom is 0.257 e. The number of hydrogen-bond donors (Lipinski definition) is 2. The van der Waals surface area contributed by atoms with Crippen LogP contribution in [0.15, 0.2) is 59.4 Å². The molecule has 1 fully saturated rings. The van der Waals surface area contributed by atoms with Crippen LogP contribution in [0.4, 0.5) is 5.95 Å². The molecule has 0 amide bonds. The SMILES string of the molecule is O=c1[nH]c(NCCCOc2cccc(CN3CCCC3)c2)nc2c1CN(Cc1ccccc1)CC2. The summed E-state index contributed by atoms with van der Waals surface area (Å²) in [5, 5.41) is 3.27. The van der Waals surface area contributed by atoms with Gasteiger partial charge in [0.05, 0.1) is 17.9 Å². The second-order valence-electron chi connectivity index (χ2n) is 9.55. The van der Waals surface area contributed by atoms with Crippen LogP contribution in [0.3, 0.4) is 0 Å². The molecule has 0 spiro atoms. The van der Waals surface area contributed by atoms with Crippen LogP contribution >= 0.6 is 0 Å². The van der Waals surface area contributed by atoms with Gasteiger partial charge in [0.25, 0.3) is 5.56 Å². The zero-order chi connectivity index (χ0) is 23.9. The lowest BCUT2D eigenvalue weighted by Crippen LogP contribution is -2.35. The number of rotatable bonds is 10. The van der Waals surface area contributed by atoms with E-state index >= 15 is 0 Å². The first-order valence-corrected chi connectivity index (χ1v) is 12.8. The van der Waals surface area contributed by atoms with Crippen molar-refractivity contribution in [1.82, 2.24) is 19.8 Å². The van der Waals surface area contributed by atoms with Crippen LogP contribution in [-0.4, -0.2) is 52.6 Å². The molecule has 2 N–H and O–H groups in total. The molecule has 184 valence electrons. The molecule has 3 aromatic rings. The molecule has 2 aromatic carbocycles. The van der Waals surface area contributed by atoms with E-state index in [0.29, 0.717) is 25.6 Å². The van der Waals surface area contributed by atoms with Crippen LogP contribution in [0.25, 0.3) is 0 Å². The van der Waals surface area contributed by atoms with Crippen molar-refractivity contribution in [3.63, 3.8) is 0 Å². The Morgan fingerprint density at radius 2 is 1.74 bits per heavy atom. The van der Waals surface area contributed by atoms with Gasteiger partial charge in [-0.05, 0) is 55.6 Å². The minimum atomic E-state index is -0.0404. The van der Waals surface area contributed by atoms with Crippen molar-refractivity contribution in [2.24, 2.45) is 0 Å². The fourth-order valence-corrected chi connectivity index (χ4v) is 4.94. The molecule has 35 heavy (non-hydrogen) atoms. The van der Waals surface area contributed by atoms with Gasteiger partial charge in [-0.25, -0.2) is 4.98 Å². The number of anilines is 1. The number of nitrogens with one attached hydrogen (secondary N) is 2. The highest BCUT2D eigenvalue weighted by Crippen LogP contribution is 2.19. The summed E-state index contributed by atoms with van der Waals surface area (Å²) in [5.74, 6) is 1.47. The lowest BCUT2D eigenvalue weighted by molar-refractivity contribution is 0.242. The molecule has 7 heteroatoms. The highest BCUT2D eigenvalue weighted by Gasteiger charge is 2.21. The van der Waals surface area contributed by atoms with Gasteiger partial charge in [0.15, 0.2) is 0 Å². The van der Waals surface area contributed by atoms with Crippen LogP contribution < -0.4 is 15.6 Å². The van der Waals surface area contributed by atoms with E-state index in [9.17, 15) is 4.79 Å². The van der Waals surface area contributed by atoms with Gasteiger partial charge in [0.2, 0.25) is 5.95 Å². The van der Waals surface area contributed by atoms with Crippen molar-refractivity contribution in [3.8, 4) is 5.75 Å². The number of aromatic nitrogens is 2. The highest BCUT2D eigenvalue weighted by atomic mass is 16.5. The molecule has 1 aromatic heterocycles. The molecule has 0 radical (unpaired) electrons. The van der Waals surface area contributed by atoms with Crippen molar-refractivity contribution in [2.75, 3.05) is 38.1 Å². The van der Waals surface area contributed by atoms with Gasteiger partial charge in [-0.2, -0.15) is 0 Å². The largest absolute Gasteiger partial charge is 0.494 e. The van der Waals surface area contributed by atoms with E-state index in [0.717, 1.165) is 49.5 Å². The topological polar surface area (TPSA) is 73.5 Å². The molecule has 0 unspecified atom stereocenters.